The Balaban J connectivity index is 2.27. The molecule has 0 aromatic rings. The number of ether oxygens (including phenoxy) is 2. The van der Waals surface area contributed by atoms with E-state index in [1.165, 1.54) is 0 Å². The number of morpholine rings is 1. The standard InChI is InChI=1S/C9H18N2O2S/c1-8-7-13-6-4-11(8)9(14)10-3-5-12-2/h8H,3-7H2,1-2H3,(H,10,14). The molecule has 1 saturated heterocycles. The fourth-order valence-corrected chi connectivity index (χ4v) is 1.76. The zero-order valence-electron chi connectivity index (χ0n) is 8.78. The largest absolute Gasteiger partial charge is 0.383 e. The highest BCUT2D eigenvalue weighted by Crippen LogP contribution is 2.05. The summed E-state index contributed by atoms with van der Waals surface area (Å²) in [6, 6.07) is 0.367. The highest BCUT2D eigenvalue weighted by atomic mass is 32.1. The van der Waals surface area contributed by atoms with Crippen molar-refractivity contribution in [2.75, 3.05) is 40.0 Å². The summed E-state index contributed by atoms with van der Waals surface area (Å²) in [6.07, 6.45) is 0. The number of nitrogens with one attached hydrogen (secondary N) is 1. The van der Waals surface area contributed by atoms with E-state index in [2.05, 4.69) is 17.1 Å². The van der Waals surface area contributed by atoms with Gasteiger partial charge in [-0.25, -0.2) is 0 Å². The highest BCUT2D eigenvalue weighted by Gasteiger charge is 2.20. The van der Waals surface area contributed by atoms with Crippen molar-refractivity contribution in [2.24, 2.45) is 0 Å². The molecule has 1 rings (SSSR count). The van der Waals surface area contributed by atoms with Crippen LogP contribution in [-0.2, 0) is 9.47 Å². The molecule has 1 heterocycles. The van der Waals surface area contributed by atoms with Gasteiger partial charge in [0.25, 0.3) is 0 Å². The second-order valence-electron chi connectivity index (χ2n) is 3.34. The van der Waals surface area contributed by atoms with Crippen LogP contribution in [-0.4, -0.2) is 56.1 Å². The fourth-order valence-electron chi connectivity index (χ4n) is 1.39. The molecule has 1 atom stereocenters. The molecule has 1 unspecified atom stereocenters. The van der Waals surface area contributed by atoms with Crippen LogP contribution < -0.4 is 5.32 Å². The van der Waals surface area contributed by atoms with Crippen LogP contribution in [0.1, 0.15) is 6.92 Å². The first-order valence-electron chi connectivity index (χ1n) is 4.87. The van der Waals surface area contributed by atoms with Crippen molar-refractivity contribution in [1.29, 1.82) is 0 Å². The van der Waals surface area contributed by atoms with Gasteiger partial charge >= 0.3 is 0 Å². The average molecular weight is 218 g/mol. The third-order valence-electron chi connectivity index (χ3n) is 2.21. The first-order valence-corrected chi connectivity index (χ1v) is 5.27. The monoisotopic (exact) mass is 218 g/mol. The Kier molecular flexibility index (Phi) is 5.14. The van der Waals surface area contributed by atoms with Gasteiger partial charge in [-0.3, -0.25) is 0 Å². The minimum Gasteiger partial charge on any atom is -0.383 e. The molecule has 1 aliphatic heterocycles. The summed E-state index contributed by atoms with van der Waals surface area (Å²) in [7, 11) is 1.68. The van der Waals surface area contributed by atoms with Gasteiger partial charge in [0.15, 0.2) is 5.11 Å². The number of hydrogen-bond donors (Lipinski definition) is 1. The molecule has 0 amide bonds. The predicted octanol–water partition coefficient (Wildman–Crippen LogP) is 0.228. The number of methoxy groups -OCH3 is 1. The van der Waals surface area contributed by atoms with Gasteiger partial charge in [-0.1, -0.05) is 0 Å². The summed E-state index contributed by atoms with van der Waals surface area (Å²) >= 11 is 5.27. The van der Waals surface area contributed by atoms with E-state index in [-0.39, 0.29) is 0 Å². The van der Waals surface area contributed by atoms with Crippen LogP contribution in [0.15, 0.2) is 0 Å². The Morgan fingerprint density at radius 2 is 2.50 bits per heavy atom. The van der Waals surface area contributed by atoms with Crippen molar-refractivity contribution in [3.8, 4) is 0 Å². The van der Waals surface area contributed by atoms with E-state index < -0.39 is 0 Å². The molecule has 0 saturated carbocycles. The number of rotatable bonds is 3. The molecule has 4 nitrogen and oxygen atoms in total. The number of nitrogens with zero attached hydrogens (tertiary/aromatic N) is 1. The van der Waals surface area contributed by atoms with Crippen LogP contribution >= 0.6 is 12.2 Å². The van der Waals surface area contributed by atoms with Crippen LogP contribution in [0.2, 0.25) is 0 Å². The fraction of sp³-hybridized carbons (Fsp3) is 0.889. The highest BCUT2D eigenvalue weighted by molar-refractivity contribution is 7.80. The molecule has 0 aromatic carbocycles. The number of thiocarbonyl (C=S) groups is 1. The van der Waals surface area contributed by atoms with Gasteiger partial charge in [0.05, 0.1) is 25.9 Å². The van der Waals surface area contributed by atoms with E-state index in [9.17, 15) is 0 Å². The zero-order valence-corrected chi connectivity index (χ0v) is 9.60. The minimum absolute atomic E-state index is 0.367. The lowest BCUT2D eigenvalue weighted by Gasteiger charge is -2.35. The maximum absolute atomic E-state index is 5.33. The summed E-state index contributed by atoms with van der Waals surface area (Å²) in [5.74, 6) is 0. The Bertz CT molecular complexity index is 190. The summed E-state index contributed by atoms with van der Waals surface area (Å²) in [5, 5.41) is 3.96. The third kappa shape index (κ3) is 3.40. The lowest BCUT2D eigenvalue weighted by Crippen LogP contribution is -2.51. The Morgan fingerprint density at radius 1 is 1.71 bits per heavy atom. The molecule has 82 valence electrons. The van der Waals surface area contributed by atoms with Crippen LogP contribution in [0.3, 0.4) is 0 Å². The second-order valence-corrected chi connectivity index (χ2v) is 3.73. The molecule has 0 radical (unpaired) electrons. The van der Waals surface area contributed by atoms with E-state index in [1.54, 1.807) is 7.11 Å². The number of hydrogen-bond acceptors (Lipinski definition) is 3. The first kappa shape index (κ1) is 11.7. The SMILES string of the molecule is COCCNC(=S)N1CCOCC1C. The minimum atomic E-state index is 0.367. The first-order chi connectivity index (χ1) is 6.75. The molecule has 0 spiro atoms. The van der Waals surface area contributed by atoms with E-state index >= 15 is 0 Å². The Morgan fingerprint density at radius 3 is 3.14 bits per heavy atom. The van der Waals surface area contributed by atoms with Crippen LogP contribution in [0, 0.1) is 0 Å². The Hall–Kier alpha value is -0.390. The van der Waals surface area contributed by atoms with Crippen LogP contribution in [0.5, 0.6) is 0 Å². The molecule has 5 heteroatoms. The maximum Gasteiger partial charge on any atom is 0.169 e. The normalized spacial score (nSPS) is 22.1. The van der Waals surface area contributed by atoms with Gasteiger partial charge < -0.3 is 19.7 Å². The van der Waals surface area contributed by atoms with E-state index in [1.807, 2.05) is 0 Å². The lowest BCUT2D eigenvalue weighted by molar-refractivity contribution is 0.0327. The average Bonchev–Trinajstić information content (AvgIpc) is 2.18. The summed E-state index contributed by atoms with van der Waals surface area (Å²) < 4.78 is 10.3. The zero-order chi connectivity index (χ0) is 10.4. The Labute approximate surface area is 90.5 Å². The topological polar surface area (TPSA) is 33.7 Å². The van der Waals surface area contributed by atoms with Crippen molar-refractivity contribution in [2.45, 2.75) is 13.0 Å². The molecule has 1 aliphatic rings. The summed E-state index contributed by atoms with van der Waals surface area (Å²) in [5.41, 5.74) is 0. The molecule has 0 aromatic heterocycles. The van der Waals surface area contributed by atoms with Crippen molar-refractivity contribution < 1.29 is 9.47 Å². The molecule has 14 heavy (non-hydrogen) atoms. The van der Waals surface area contributed by atoms with Crippen molar-refractivity contribution in [3.05, 3.63) is 0 Å². The molecular weight excluding hydrogens is 200 g/mol. The van der Waals surface area contributed by atoms with Gasteiger partial charge in [0.2, 0.25) is 0 Å². The molecule has 0 bridgehead atoms. The van der Waals surface area contributed by atoms with E-state index in [0.717, 1.165) is 31.4 Å². The smallest absolute Gasteiger partial charge is 0.169 e. The maximum atomic E-state index is 5.33. The summed E-state index contributed by atoms with van der Waals surface area (Å²) in [6.45, 7) is 5.95. The second kappa shape index (κ2) is 6.16. The van der Waals surface area contributed by atoms with Gasteiger partial charge in [-0.2, -0.15) is 0 Å². The van der Waals surface area contributed by atoms with E-state index in [0.29, 0.717) is 12.6 Å². The molecule has 1 fully saturated rings. The van der Waals surface area contributed by atoms with Crippen molar-refractivity contribution >= 4 is 17.3 Å². The van der Waals surface area contributed by atoms with Crippen LogP contribution in [0.25, 0.3) is 0 Å². The summed E-state index contributed by atoms with van der Waals surface area (Å²) in [4.78, 5) is 2.16. The van der Waals surface area contributed by atoms with Crippen molar-refractivity contribution in [1.82, 2.24) is 10.2 Å². The molecular formula is C9H18N2O2S. The molecule has 1 N–H and O–H groups in total. The van der Waals surface area contributed by atoms with Gasteiger partial charge in [0.1, 0.15) is 0 Å². The van der Waals surface area contributed by atoms with Gasteiger partial charge in [0, 0.05) is 20.2 Å². The van der Waals surface area contributed by atoms with Crippen LogP contribution in [0.4, 0.5) is 0 Å². The predicted molar refractivity (Wildman–Crippen MR) is 59.5 cm³/mol. The third-order valence-corrected chi connectivity index (χ3v) is 2.59. The van der Waals surface area contributed by atoms with E-state index in [4.69, 9.17) is 21.7 Å². The lowest BCUT2D eigenvalue weighted by atomic mass is 10.3. The van der Waals surface area contributed by atoms with Crippen molar-refractivity contribution in [3.63, 3.8) is 0 Å². The van der Waals surface area contributed by atoms with Gasteiger partial charge in [-0.15, -0.1) is 0 Å². The van der Waals surface area contributed by atoms with Gasteiger partial charge in [-0.05, 0) is 19.1 Å². The quantitative estimate of drug-likeness (QED) is 0.542. The molecule has 0 aliphatic carbocycles.